The summed E-state index contributed by atoms with van der Waals surface area (Å²) in [5.74, 6) is -0.782. The Morgan fingerprint density at radius 1 is 1.33 bits per heavy atom. The first kappa shape index (κ1) is 15.8. The van der Waals surface area contributed by atoms with E-state index in [9.17, 15) is 9.59 Å². The average Bonchev–Trinajstić information content (AvgIpc) is 3.24. The number of nitrogens with one attached hydrogen (secondary N) is 1. The van der Waals surface area contributed by atoms with E-state index < -0.39 is 17.7 Å². The number of carbonyl (C=O) groups is 1. The van der Waals surface area contributed by atoms with Crippen LogP contribution in [-0.2, 0) is 11.8 Å². The molecule has 1 atom stereocenters. The van der Waals surface area contributed by atoms with E-state index in [0.717, 1.165) is 10.4 Å². The number of carbonyl (C=O) groups excluding carboxylic acids is 1. The molecule has 3 aromatic heterocycles. The first-order chi connectivity index (χ1) is 11.4. The number of aryl methyl sites for hydroxylation is 2. The van der Waals surface area contributed by atoms with Gasteiger partial charge in [-0.1, -0.05) is 0 Å². The third-order valence-corrected chi connectivity index (χ3v) is 3.81. The van der Waals surface area contributed by atoms with Crippen LogP contribution in [0.25, 0.3) is 11.7 Å². The molecule has 3 heterocycles. The molecular weight excluding hydrogens is 314 g/mol. The maximum Gasteiger partial charge on any atom is 0.438 e. The van der Waals surface area contributed by atoms with Crippen LogP contribution in [0.5, 0.6) is 0 Å². The van der Waals surface area contributed by atoms with Crippen LogP contribution in [0, 0.1) is 13.8 Å². The predicted octanol–water partition coefficient (Wildman–Crippen LogP) is 1.65. The van der Waals surface area contributed by atoms with E-state index in [1.165, 1.54) is 6.26 Å². The molecule has 0 aromatic carbocycles. The van der Waals surface area contributed by atoms with Gasteiger partial charge >= 0.3 is 5.76 Å². The average molecular weight is 331 g/mol. The second-order valence-electron chi connectivity index (χ2n) is 5.43. The Kier molecular flexibility index (Phi) is 3.84. The van der Waals surface area contributed by atoms with Crippen LogP contribution in [0.2, 0.25) is 0 Å². The van der Waals surface area contributed by atoms with Crippen LogP contribution < -0.4 is 11.1 Å². The SMILES string of the molecule is Cc1nn(C)c(C)c1NC(=O)C(C)n1nc(-c2ccco2)oc1=O. The normalized spacial score (nSPS) is 12.3. The molecule has 126 valence electrons. The number of hydrogen-bond donors (Lipinski definition) is 1. The molecule has 9 heteroatoms. The highest BCUT2D eigenvalue weighted by atomic mass is 16.4. The van der Waals surface area contributed by atoms with Crippen molar-refractivity contribution in [2.24, 2.45) is 7.05 Å². The lowest BCUT2D eigenvalue weighted by Gasteiger charge is -2.11. The fraction of sp³-hybridized carbons (Fsp3) is 0.333. The molecule has 1 N–H and O–H groups in total. The minimum absolute atomic E-state index is 0.0263. The molecule has 0 fully saturated rings. The summed E-state index contributed by atoms with van der Waals surface area (Å²) >= 11 is 0. The third-order valence-electron chi connectivity index (χ3n) is 3.81. The molecule has 9 nitrogen and oxygen atoms in total. The van der Waals surface area contributed by atoms with E-state index in [1.54, 1.807) is 37.7 Å². The molecule has 24 heavy (non-hydrogen) atoms. The molecule has 0 saturated heterocycles. The summed E-state index contributed by atoms with van der Waals surface area (Å²) in [5, 5.41) is 11.0. The molecule has 1 unspecified atom stereocenters. The van der Waals surface area contributed by atoms with Crippen molar-refractivity contribution in [3.05, 3.63) is 40.3 Å². The van der Waals surface area contributed by atoms with E-state index in [-0.39, 0.29) is 5.89 Å². The summed E-state index contributed by atoms with van der Waals surface area (Å²) in [5.41, 5.74) is 2.13. The van der Waals surface area contributed by atoms with Gasteiger partial charge in [0.15, 0.2) is 5.76 Å². The van der Waals surface area contributed by atoms with Gasteiger partial charge in [-0.3, -0.25) is 9.48 Å². The summed E-state index contributed by atoms with van der Waals surface area (Å²) in [4.78, 5) is 24.4. The molecule has 3 aromatic rings. The maximum atomic E-state index is 12.5. The van der Waals surface area contributed by atoms with Crippen molar-refractivity contribution >= 4 is 11.6 Å². The van der Waals surface area contributed by atoms with Crippen LogP contribution in [0.15, 0.2) is 32.0 Å². The molecule has 0 bridgehead atoms. The molecule has 3 rings (SSSR count). The maximum absolute atomic E-state index is 12.5. The monoisotopic (exact) mass is 331 g/mol. The Labute approximate surface area is 136 Å². The minimum atomic E-state index is -0.857. The van der Waals surface area contributed by atoms with Crippen LogP contribution >= 0.6 is 0 Å². The number of anilines is 1. The van der Waals surface area contributed by atoms with Gasteiger partial charge in [-0.15, -0.1) is 5.10 Å². The number of aromatic nitrogens is 4. The number of rotatable bonds is 4. The molecule has 0 aliphatic carbocycles. The van der Waals surface area contributed by atoms with E-state index in [1.807, 2.05) is 6.92 Å². The zero-order valence-corrected chi connectivity index (χ0v) is 13.7. The van der Waals surface area contributed by atoms with E-state index in [4.69, 9.17) is 8.83 Å². The number of hydrogen-bond acceptors (Lipinski definition) is 6. The Morgan fingerprint density at radius 3 is 2.67 bits per heavy atom. The van der Waals surface area contributed by atoms with Gasteiger partial charge in [0.25, 0.3) is 5.89 Å². The lowest BCUT2D eigenvalue weighted by Crippen LogP contribution is -2.30. The predicted molar refractivity (Wildman–Crippen MR) is 84.5 cm³/mol. The quantitative estimate of drug-likeness (QED) is 0.778. The highest BCUT2D eigenvalue weighted by Crippen LogP contribution is 2.20. The van der Waals surface area contributed by atoms with Crippen molar-refractivity contribution < 1.29 is 13.6 Å². The van der Waals surface area contributed by atoms with Crippen LogP contribution in [-0.4, -0.2) is 25.5 Å². The molecule has 0 saturated carbocycles. The van der Waals surface area contributed by atoms with Crippen molar-refractivity contribution in [2.75, 3.05) is 5.32 Å². The molecule has 0 spiro atoms. The van der Waals surface area contributed by atoms with Crippen molar-refractivity contribution in [3.8, 4) is 11.7 Å². The Bertz CT molecular complexity index is 932. The number of nitrogens with zero attached hydrogens (tertiary/aromatic N) is 4. The second-order valence-corrected chi connectivity index (χ2v) is 5.43. The molecule has 0 aliphatic rings. The lowest BCUT2D eigenvalue weighted by molar-refractivity contribution is -0.119. The second kappa shape index (κ2) is 5.84. The van der Waals surface area contributed by atoms with E-state index in [2.05, 4.69) is 15.5 Å². The Balaban J connectivity index is 1.85. The van der Waals surface area contributed by atoms with Crippen molar-refractivity contribution in [1.82, 2.24) is 19.6 Å². The van der Waals surface area contributed by atoms with Gasteiger partial charge < -0.3 is 14.2 Å². The number of furan rings is 1. The van der Waals surface area contributed by atoms with Gasteiger partial charge in [0.2, 0.25) is 5.91 Å². The van der Waals surface area contributed by atoms with Crippen LogP contribution in [0.3, 0.4) is 0 Å². The zero-order valence-electron chi connectivity index (χ0n) is 13.7. The highest BCUT2D eigenvalue weighted by Gasteiger charge is 2.24. The van der Waals surface area contributed by atoms with E-state index in [0.29, 0.717) is 17.1 Å². The first-order valence-electron chi connectivity index (χ1n) is 7.33. The highest BCUT2D eigenvalue weighted by molar-refractivity contribution is 5.94. The van der Waals surface area contributed by atoms with Crippen LogP contribution in [0.1, 0.15) is 24.4 Å². The van der Waals surface area contributed by atoms with Gasteiger partial charge in [-0.25, -0.2) is 4.79 Å². The Hall–Kier alpha value is -3.10. The smallest absolute Gasteiger partial charge is 0.438 e. The van der Waals surface area contributed by atoms with Gasteiger partial charge in [-0.05, 0) is 32.9 Å². The van der Waals surface area contributed by atoms with E-state index >= 15 is 0 Å². The fourth-order valence-corrected chi connectivity index (χ4v) is 2.33. The topological polar surface area (TPSA) is 108 Å². The largest absolute Gasteiger partial charge is 0.459 e. The van der Waals surface area contributed by atoms with Gasteiger partial charge in [-0.2, -0.15) is 9.78 Å². The third kappa shape index (κ3) is 2.64. The summed E-state index contributed by atoms with van der Waals surface area (Å²) in [6.45, 7) is 5.20. The summed E-state index contributed by atoms with van der Waals surface area (Å²) in [6.07, 6.45) is 1.44. The lowest BCUT2D eigenvalue weighted by atomic mass is 10.2. The fourth-order valence-electron chi connectivity index (χ4n) is 2.33. The van der Waals surface area contributed by atoms with Gasteiger partial charge in [0.1, 0.15) is 6.04 Å². The molecule has 0 radical (unpaired) electrons. The van der Waals surface area contributed by atoms with Crippen molar-refractivity contribution in [1.29, 1.82) is 0 Å². The first-order valence-corrected chi connectivity index (χ1v) is 7.33. The zero-order chi connectivity index (χ0) is 17.4. The molecule has 1 amide bonds. The Morgan fingerprint density at radius 2 is 2.08 bits per heavy atom. The summed E-state index contributed by atoms with van der Waals surface area (Å²) in [6, 6.07) is 2.41. The summed E-state index contributed by atoms with van der Waals surface area (Å²) < 4.78 is 12.8. The molecular formula is C15H17N5O4. The van der Waals surface area contributed by atoms with Gasteiger partial charge in [0.05, 0.1) is 23.3 Å². The number of amides is 1. The molecule has 0 aliphatic heterocycles. The standard InChI is InChI=1S/C15H17N5O4/c1-8-12(9(2)19(4)17-8)16-13(21)10(3)20-15(22)24-14(18-20)11-6-5-7-23-11/h5-7,10H,1-4H3,(H,16,21). The van der Waals surface area contributed by atoms with Crippen molar-refractivity contribution in [3.63, 3.8) is 0 Å². The summed E-state index contributed by atoms with van der Waals surface area (Å²) in [7, 11) is 1.79. The van der Waals surface area contributed by atoms with Gasteiger partial charge in [0, 0.05) is 7.05 Å². The van der Waals surface area contributed by atoms with Crippen molar-refractivity contribution in [2.45, 2.75) is 26.8 Å². The van der Waals surface area contributed by atoms with Crippen LogP contribution in [0.4, 0.5) is 5.69 Å². The minimum Gasteiger partial charge on any atom is -0.459 e.